The van der Waals surface area contributed by atoms with E-state index in [1.807, 2.05) is 13.8 Å². The molecule has 3 amide bonds. The molecule has 0 aliphatic carbocycles. The van der Waals surface area contributed by atoms with Gasteiger partial charge in [0.15, 0.2) is 0 Å². The fraction of sp³-hybridized carbons (Fsp3) is 0.591. The van der Waals surface area contributed by atoms with Crippen molar-refractivity contribution in [1.29, 1.82) is 5.26 Å². The van der Waals surface area contributed by atoms with Crippen molar-refractivity contribution in [3.63, 3.8) is 0 Å². The number of urea groups is 1. The van der Waals surface area contributed by atoms with Crippen molar-refractivity contribution in [2.45, 2.75) is 64.3 Å². The van der Waals surface area contributed by atoms with Crippen molar-refractivity contribution in [3.8, 4) is 11.8 Å². The molecule has 0 bridgehead atoms. The zero-order valence-electron chi connectivity index (χ0n) is 17.9. The third kappa shape index (κ3) is 4.36. The van der Waals surface area contributed by atoms with E-state index in [0.29, 0.717) is 42.3 Å². The first-order valence-corrected chi connectivity index (χ1v) is 10.4. The molecule has 2 aliphatic rings. The van der Waals surface area contributed by atoms with Crippen LogP contribution in [0.1, 0.15) is 57.7 Å². The molecule has 8 nitrogen and oxygen atoms in total. The van der Waals surface area contributed by atoms with Gasteiger partial charge in [-0.15, -0.1) is 0 Å². The lowest BCUT2D eigenvalue weighted by Crippen LogP contribution is -2.56. The molecular weight excluding hydrogens is 384 g/mol. The standard InChI is InChI=1S/C22H30N4O4/c1-13(2)12-24-21(29)26-9-5-6-16(26)20(28)25-18-15-10-14(11-23)7-8-17(15)30-22(3,4)19(18)27/h7-8,10,13,16,18-19,27H,5-6,9,12H2,1-4H3,(H,24,29)(H,25,28). The first kappa shape index (κ1) is 21.9. The molecule has 1 saturated heterocycles. The lowest BCUT2D eigenvalue weighted by Gasteiger charge is -2.42. The maximum atomic E-state index is 13.1. The van der Waals surface area contributed by atoms with E-state index in [9.17, 15) is 20.0 Å². The number of likely N-dealkylation sites (tertiary alicyclic amines) is 1. The summed E-state index contributed by atoms with van der Waals surface area (Å²) in [6.45, 7) is 8.57. The second-order valence-electron chi connectivity index (χ2n) is 8.93. The minimum Gasteiger partial charge on any atom is -0.485 e. The number of nitriles is 1. The number of amides is 3. The smallest absolute Gasteiger partial charge is 0.318 e. The molecular formula is C22H30N4O4. The Bertz CT molecular complexity index is 861. The van der Waals surface area contributed by atoms with Gasteiger partial charge in [0.25, 0.3) is 0 Å². The quantitative estimate of drug-likeness (QED) is 0.698. The Balaban J connectivity index is 1.81. The van der Waals surface area contributed by atoms with E-state index in [0.717, 1.165) is 6.42 Å². The van der Waals surface area contributed by atoms with Gasteiger partial charge in [0.1, 0.15) is 23.5 Å². The van der Waals surface area contributed by atoms with Gasteiger partial charge in [-0.2, -0.15) is 5.26 Å². The fourth-order valence-corrected chi connectivity index (χ4v) is 3.95. The number of fused-ring (bicyclic) bond motifs is 1. The minimum absolute atomic E-state index is 0.249. The predicted octanol–water partition coefficient (Wildman–Crippen LogP) is 2.08. The van der Waals surface area contributed by atoms with E-state index in [-0.39, 0.29) is 11.9 Å². The van der Waals surface area contributed by atoms with Crippen LogP contribution in [0.2, 0.25) is 0 Å². The molecule has 2 heterocycles. The number of carbonyl (C=O) groups excluding carboxylic acids is 2. The molecule has 8 heteroatoms. The van der Waals surface area contributed by atoms with Gasteiger partial charge in [-0.3, -0.25) is 4.79 Å². The van der Waals surface area contributed by atoms with E-state index in [1.165, 1.54) is 0 Å². The maximum absolute atomic E-state index is 13.1. The van der Waals surface area contributed by atoms with Crippen LogP contribution in [0.3, 0.4) is 0 Å². The normalized spacial score (nSPS) is 24.6. The van der Waals surface area contributed by atoms with Gasteiger partial charge in [-0.25, -0.2) is 4.79 Å². The largest absolute Gasteiger partial charge is 0.485 e. The van der Waals surface area contributed by atoms with Crippen molar-refractivity contribution < 1.29 is 19.4 Å². The summed E-state index contributed by atoms with van der Waals surface area (Å²) >= 11 is 0. The number of benzene rings is 1. The highest BCUT2D eigenvalue weighted by Crippen LogP contribution is 2.40. The number of rotatable bonds is 4. The summed E-state index contributed by atoms with van der Waals surface area (Å²) in [5.41, 5.74) is 0.0467. The van der Waals surface area contributed by atoms with Gasteiger partial charge in [-0.1, -0.05) is 13.8 Å². The molecule has 0 radical (unpaired) electrons. The lowest BCUT2D eigenvalue weighted by molar-refractivity contribution is -0.129. The highest BCUT2D eigenvalue weighted by molar-refractivity contribution is 5.88. The van der Waals surface area contributed by atoms with Crippen molar-refractivity contribution >= 4 is 11.9 Å². The summed E-state index contributed by atoms with van der Waals surface area (Å²) < 4.78 is 5.90. The molecule has 3 atom stereocenters. The number of nitrogens with zero attached hydrogens (tertiary/aromatic N) is 2. The first-order valence-electron chi connectivity index (χ1n) is 10.4. The summed E-state index contributed by atoms with van der Waals surface area (Å²) in [4.78, 5) is 27.2. The molecule has 0 aromatic heterocycles. The maximum Gasteiger partial charge on any atom is 0.318 e. The SMILES string of the molecule is CC(C)CNC(=O)N1CCCC1C(=O)NC1c2cc(C#N)ccc2OC(C)(C)C1O. The third-order valence-corrected chi connectivity index (χ3v) is 5.65. The molecule has 1 aromatic rings. The van der Waals surface area contributed by atoms with Gasteiger partial charge >= 0.3 is 6.03 Å². The third-order valence-electron chi connectivity index (χ3n) is 5.65. The van der Waals surface area contributed by atoms with Gasteiger partial charge in [-0.05, 0) is 50.8 Å². The number of hydrogen-bond donors (Lipinski definition) is 3. The Morgan fingerprint density at radius 2 is 2.13 bits per heavy atom. The second kappa shape index (κ2) is 8.52. The topological polar surface area (TPSA) is 115 Å². The zero-order valence-corrected chi connectivity index (χ0v) is 17.9. The summed E-state index contributed by atoms with van der Waals surface area (Å²) in [5.74, 6) is 0.518. The van der Waals surface area contributed by atoms with Crippen LogP contribution in [0.15, 0.2) is 18.2 Å². The summed E-state index contributed by atoms with van der Waals surface area (Å²) in [6.07, 6.45) is 0.284. The summed E-state index contributed by atoms with van der Waals surface area (Å²) in [6, 6.07) is 5.43. The van der Waals surface area contributed by atoms with Crippen LogP contribution in [-0.4, -0.2) is 52.8 Å². The molecule has 2 aliphatic heterocycles. The molecule has 3 unspecified atom stereocenters. The number of carbonyl (C=O) groups is 2. The van der Waals surface area contributed by atoms with Gasteiger partial charge in [0, 0.05) is 18.7 Å². The Hall–Kier alpha value is -2.79. The molecule has 0 saturated carbocycles. The van der Waals surface area contributed by atoms with Crippen LogP contribution in [-0.2, 0) is 4.79 Å². The Morgan fingerprint density at radius 1 is 1.40 bits per heavy atom. The van der Waals surface area contributed by atoms with Crippen LogP contribution in [0, 0.1) is 17.2 Å². The Kier molecular flexibility index (Phi) is 6.22. The second-order valence-corrected chi connectivity index (χ2v) is 8.93. The van der Waals surface area contributed by atoms with E-state index in [4.69, 9.17) is 4.74 Å². The fourth-order valence-electron chi connectivity index (χ4n) is 3.95. The zero-order chi connectivity index (χ0) is 22.1. The first-order chi connectivity index (χ1) is 14.1. The Labute approximate surface area is 177 Å². The molecule has 1 aromatic carbocycles. The van der Waals surface area contributed by atoms with E-state index in [1.54, 1.807) is 36.9 Å². The molecule has 1 fully saturated rings. The van der Waals surface area contributed by atoms with Gasteiger partial charge in [0.2, 0.25) is 5.91 Å². The monoisotopic (exact) mass is 414 g/mol. The van der Waals surface area contributed by atoms with Crippen LogP contribution < -0.4 is 15.4 Å². The number of hydrogen-bond acceptors (Lipinski definition) is 5. The van der Waals surface area contributed by atoms with Crippen LogP contribution in [0.25, 0.3) is 0 Å². The van der Waals surface area contributed by atoms with Gasteiger partial charge < -0.3 is 25.4 Å². The molecule has 3 rings (SSSR count). The minimum atomic E-state index is -1.02. The molecule has 0 spiro atoms. The van der Waals surface area contributed by atoms with E-state index >= 15 is 0 Å². The summed E-state index contributed by atoms with van der Waals surface area (Å²) in [5, 5.41) is 25.9. The van der Waals surface area contributed by atoms with Crippen molar-refractivity contribution in [1.82, 2.24) is 15.5 Å². The van der Waals surface area contributed by atoms with Crippen LogP contribution in [0.4, 0.5) is 4.79 Å². The van der Waals surface area contributed by atoms with Crippen molar-refractivity contribution in [3.05, 3.63) is 29.3 Å². The average Bonchev–Trinajstić information content (AvgIpc) is 3.19. The number of ether oxygens (including phenoxy) is 1. The molecule has 3 N–H and O–H groups in total. The highest BCUT2D eigenvalue weighted by Gasteiger charge is 2.45. The van der Waals surface area contributed by atoms with Crippen LogP contribution >= 0.6 is 0 Å². The van der Waals surface area contributed by atoms with Crippen LogP contribution in [0.5, 0.6) is 5.75 Å². The van der Waals surface area contributed by atoms with E-state index in [2.05, 4.69) is 16.7 Å². The molecule has 30 heavy (non-hydrogen) atoms. The van der Waals surface area contributed by atoms with Crippen molar-refractivity contribution in [2.24, 2.45) is 5.92 Å². The predicted molar refractivity (Wildman–Crippen MR) is 111 cm³/mol. The average molecular weight is 415 g/mol. The number of aliphatic hydroxyl groups excluding tert-OH is 1. The highest BCUT2D eigenvalue weighted by atomic mass is 16.5. The molecule has 162 valence electrons. The van der Waals surface area contributed by atoms with Crippen molar-refractivity contribution in [2.75, 3.05) is 13.1 Å². The summed E-state index contributed by atoms with van der Waals surface area (Å²) in [7, 11) is 0. The van der Waals surface area contributed by atoms with Gasteiger partial charge in [0.05, 0.1) is 17.7 Å². The lowest BCUT2D eigenvalue weighted by atomic mass is 9.85. The van der Waals surface area contributed by atoms with E-state index < -0.39 is 23.8 Å². The number of nitrogens with one attached hydrogen (secondary N) is 2. The Morgan fingerprint density at radius 3 is 2.80 bits per heavy atom. The number of aliphatic hydroxyl groups is 1.